The SMILES string of the molecule is Cc1cncc(Cl)c1CCN1CCNCC1. The minimum atomic E-state index is 0.801. The van der Waals surface area contributed by atoms with Crippen molar-refractivity contribution in [2.75, 3.05) is 32.7 Å². The summed E-state index contributed by atoms with van der Waals surface area (Å²) in [5.74, 6) is 0. The number of piperazine rings is 1. The van der Waals surface area contributed by atoms with Crippen molar-refractivity contribution in [3.05, 3.63) is 28.5 Å². The topological polar surface area (TPSA) is 28.2 Å². The van der Waals surface area contributed by atoms with Gasteiger partial charge in [-0.1, -0.05) is 11.6 Å². The van der Waals surface area contributed by atoms with Gasteiger partial charge in [0.2, 0.25) is 0 Å². The summed E-state index contributed by atoms with van der Waals surface area (Å²) in [6, 6.07) is 0. The number of nitrogens with one attached hydrogen (secondary N) is 1. The standard InChI is InChI=1S/C12H18ClN3/c1-10-8-15-9-12(13)11(10)2-5-16-6-3-14-4-7-16/h8-9,14H,2-7H2,1H3. The second-order valence-electron chi connectivity index (χ2n) is 4.26. The van der Waals surface area contributed by atoms with Crippen LogP contribution in [-0.4, -0.2) is 42.6 Å². The molecule has 1 saturated heterocycles. The largest absolute Gasteiger partial charge is 0.314 e. The summed E-state index contributed by atoms with van der Waals surface area (Å²) in [6.45, 7) is 7.65. The van der Waals surface area contributed by atoms with Crippen LogP contribution >= 0.6 is 11.6 Å². The highest BCUT2D eigenvalue weighted by atomic mass is 35.5. The number of rotatable bonds is 3. The van der Waals surface area contributed by atoms with E-state index in [1.165, 1.54) is 11.1 Å². The van der Waals surface area contributed by atoms with Crippen LogP contribution in [0.15, 0.2) is 12.4 Å². The lowest BCUT2D eigenvalue weighted by Gasteiger charge is -2.27. The van der Waals surface area contributed by atoms with Gasteiger partial charge in [-0.2, -0.15) is 0 Å². The van der Waals surface area contributed by atoms with Gasteiger partial charge in [-0.15, -0.1) is 0 Å². The van der Waals surface area contributed by atoms with Gasteiger partial charge in [-0.3, -0.25) is 4.98 Å². The van der Waals surface area contributed by atoms with Crippen LogP contribution in [-0.2, 0) is 6.42 Å². The molecule has 1 aromatic rings. The number of hydrogen-bond acceptors (Lipinski definition) is 3. The van der Waals surface area contributed by atoms with Crippen molar-refractivity contribution in [3.8, 4) is 0 Å². The molecule has 4 heteroatoms. The van der Waals surface area contributed by atoms with Crippen molar-refractivity contribution >= 4 is 11.6 Å². The minimum absolute atomic E-state index is 0.801. The maximum Gasteiger partial charge on any atom is 0.0624 e. The quantitative estimate of drug-likeness (QED) is 0.867. The van der Waals surface area contributed by atoms with E-state index in [2.05, 4.69) is 22.1 Å². The summed E-state index contributed by atoms with van der Waals surface area (Å²) in [5, 5.41) is 4.16. The summed E-state index contributed by atoms with van der Waals surface area (Å²) < 4.78 is 0. The Morgan fingerprint density at radius 3 is 2.81 bits per heavy atom. The first-order chi connectivity index (χ1) is 7.77. The van der Waals surface area contributed by atoms with Gasteiger partial charge in [-0.25, -0.2) is 0 Å². The van der Waals surface area contributed by atoms with E-state index >= 15 is 0 Å². The molecule has 0 saturated carbocycles. The molecule has 1 N–H and O–H groups in total. The zero-order valence-electron chi connectivity index (χ0n) is 9.67. The van der Waals surface area contributed by atoms with Crippen LogP contribution in [0.2, 0.25) is 5.02 Å². The third-order valence-electron chi connectivity index (χ3n) is 3.11. The van der Waals surface area contributed by atoms with E-state index in [0.29, 0.717) is 0 Å². The number of hydrogen-bond donors (Lipinski definition) is 1. The van der Waals surface area contributed by atoms with Gasteiger partial charge in [0, 0.05) is 45.1 Å². The molecular formula is C12H18ClN3. The van der Waals surface area contributed by atoms with Crippen molar-refractivity contribution in [1.29, 1.82) is 0 Å². The smallest absolute Gasteiger partial charge is 0.0624 e. The number of nitrogens with zero attached hydrogens (tertiary/aromatic N) is 2. The van der Waals surface area contributed by atoms with Crippen LogP contribution in [0.25, 0.3) is 0 Å². The Labute approximate surface area is 102 Å². The second-order valence-corrected chi connectivity index (χ2v) is 4.67. The van der Waals surface area contributed by atoms with E-state index in [1.807, 2.05) is 6.20 Å². The van der Waals surface area contributed by atoms with E-state index < -0.39 is 0 Å². The highest BCUT2D eigenvalue weighted by molar-refractivity contribution is 6.31. The average Bonchev–Trinajstić information content (AvgIpc) is 2.30. The lowest BCUT2D eigenvalue weighted by Crippen LogP contribution is -2.44. The monoisotopic (exact) mass is 239 g/mol. The van der Waals surface area contributed by atoms with Gasteiger partial charge in [0.15, 0.2) is 0 Å². The first kappa shape index (κ1) is 11.8. The third kappa shape index (κ3) is 2.94. The molecule has 0 aromatic carbocycles. The van der Waals surface area contributed by atoms with Crippen molar-refractivity contribution in [3.63, 3.8) is 0 Å². The van der Waals surface area contributed by atoms with E-state index in [4.69, 9.17) is 11.6 Å². The molecule has 3 nitrogen and oxygen atoms in total. The predicted octanol–water partition coefficient (Wildman–Crippen LogP) is 1.49. The van der Waals surface area contributed by atoms with Gasteiger partial charge in [0.25, 0.3) is 0 Å². The van der Waals surface area contributed by atoms with E-state index in [9.17, 15) is 0 Å². The summed E-state index contributed by atoms with van der Waals surface area (Å²) in [5.41, 5.74) is 2.44. The highest BCUT2D eigenvalue weighted by Gasteiger charge is 2.11. The molecule has 2 heterocycles. The van der Waals surface area contributed by atoms with Crippen LogP contribution in [0.4, 0.5) is 0 Å². The number of pyridine rings is 1. The Morgan fingerprint density at radius 1 is 1.38 bits per heavy atom. The molecule has 0 unspecified atom stereocenters. The molecule has 0 bridgehead atoms. The van der Waals surface area contributed by atoms with Crippen LogP contribution < -0.4 is 5.32 Å². The fourth-order valence-corrected chi connectivity index (χ4v) is 2.38. The molecule has 16 heavy (non-hydrogen) atoms. The fourth-order valence-electron chi connectivity index (χ4n) is 2.08. The van der Waals surface area contributed by atoms with Crippen molar-refractivity contribution in [2.45, 2.75) is 13.3 Å². The summed E-state index contributed by atoms with van der Waals surface area (Å²) in [7, 11) is 0. The van der Waals surface area contributed by atoms with Crippen LogP contribution in [0.5, 0.6) is 0 Å². The first-order valence-corrected chi connectivity index (χ1v) is 6.17. The highest BCUT2D eigenvalue weighted by Crippen LogP contribution is 2.18. The molecule has 0 amide bonds. The lowest BCUT2D eigenvalue weighted by atomic mass is 10.1. The van der Waals surface area contributed by atoms with Crippen molar-refractivity contribution in [2.24, 2.45) is 0 Å². The maximum absolute atomic E-state index is 6.15. The fraction of sp³-hybridized carbons (Fsp3) is 0.583. The second kappa shape index (κ2) is 5.62. The lowest BCUT2D eigenvalue weighted by molar-refractivity contribution is 0.244. The normalized spacial score (nSPS) is 17.6. The molecule has 0 atom stereocenters. The van der Waals surface area contributed by atoms with Crippen LogP contribution in [0, 0.1) is 6.92 Å². The Bertz CT molecular complexity index is 328. The molecule has 2 rings (SSSR count). The van der Waals surface area contributed by atoms with E-state index in [0.717, 1.165) is 44.2 Å². The molecule has 0 radical (unpaired) electrons. The predicted molar refractivity (Wildman–Crippen MR) is 67.0 cm³/mol. The van der Waals surface area contributed by atoms with Gasteiger partial charge >= 0.3 is 0 Å². The molecular weight excluding hydrogens is 222 g/mol. The van der Waals surface area contributed by atoms with Crippen molar-refractivity contribution < 1.29 is 0 Å². The molecule has 88 valence electrons. The Morgan fingerprint density at radius 2 is 2.12 bits per heavy atom. The van der Waals surface area contributed by atoms with Crippen LogP contribution in [0.1, 0.15) is 11.1 Å². The summed E-state index contributed by atoms with van der Waals surface area (Å²) in [6.07, 6.45) is 4.65. The summed E-state index contributed by atoms with van der Waals surface area (Å²) >= 11 is 6.15. The minimum Gasteiger partial charge on any atom is -0.314 e. The number of halogens is 1. The number of aromatic nitrogens is 1. The van der Waals surface area contributed by atoms with Gasteiger partial charge < -0.3 is 10.2 Å². The Hall–Kier alpha value is -0.640. The number of aryl methyl sites for hydroxylation is 1. The molecule has 1 aliphatic heterocycles. The van der Waals surface area contributed by atoms with Crippen LogP contribution in [0.3, 0.4) is 0 Å². The van der Waals surface area contributed by atoms with Gasteiger partial charge in [0.05, 0.1) is 5.02 Å². The molecule has 0 aliphatic carbocycles. The van der Waals surface area contributed by atoms with E-state index in [-0.39, 0.29) is 0 Å². The van der Waals surface area contributed by atoms with Gasteiger partial charge in [-0.05, 0) is 24.5 Å². The maximum atomic E-state index is 6.15. The third-order valence-corrected chi connectivity index (χ3v) is 3.43. The molecule has 1 fully saturated rings. The zero-order chi connectivity index (χ0) is 11.4. The van der Waals surface area contributed by atoms with Gasteiger partial charge in [0.1, 0.15) is 0 Å². The zero-order valence-corrected chi connectivity index (χ0v) is 10.4. The Kier molecular flexibility index (Phi) is 4.16. The average molecular weight is 240 g/mol. The summed E-state index contributed by atoms with van der Waals surface area (Å²) in [4.78, 5) is 6.56. The molecule has 1 aromatic heterocycles. The van der Waals surface area contributed by atoms with E-state index in [1.54, 1.807) is 6.20 Å². The first-order valence-electron chi connectivity index (χ1n) is 5.79. The Balaban J connectivity index is 1.93. The molecule has 1 aliphatic rings. The van der Waals surface area contributed by atoms with Crippen molar-refractivity contribution in [1.82, 2.24) is 15.2 Å². The molecule has 0 spiro atoms.